The van der Waals surface area contributed by atoms with E-state index in [1.165, 1.54) is 19.4 Å². The largest absolute Gasteiger partial charge is 0.464 e. The third-order valence-electron chi connectivity index (χ3n) is 2.00. The number of aromatic nitrogens is 1. The van der Waals surface area contributed by atoms with Gasteiger partial charge in [-0.05, 0) is 25.1 Å². The van der Waals surface area contributed by atoms with Crippen LogP contribution in [-0.4, -0.2) is 23.8 Å². The fraction of sp³-hybridized carbons (Fsp3) is 0.154. The van der Waals surface area contributed by atoms with Gasteiger partial charge in [-0.15, -0.1) is 0 Å². The molecule has 1 aromatic heterocycles. The predicted octanol–water partition coefficient (Wildman–Crippen LogP) is 2.18. The third-order valence-corrected chi connectivity index (χ3v) is 2.00. The lowest BCUT2D eigenvalue weighted by Gasteiger charge is -2.02. The van der Waals surface area contributed by atoms with Crippen LogP contribution in [0.5, 0.6) is 0 Å². The Morgan fingerprint density at radius 2 is 2.12 bits per heavy atom. The molecule has 88 valence electrons. The maximum absolute atomic E-state index is 11.8. The van der Waals surface area contributed by atoms with Gasteiger partial charge in [0, 0.05) is 6.20 Å². The van der Waals surface area contributed by atoms with Crippen LogP contribution < -0.4 is 0 Å². The molecule has 0 amide bonds. The molecule has 4 heteroatoms. The number of hydrogen-bond acceptors (Lipinski definition) is 4. The van der Waals surface area contributed by atoms with Gasteiger partial charge in [0.1, 0.15) is 0 Å². The van der Waals surface area contributed by atoms with Gasteiger partial charge in [0.05, 0.1) is 12.7 Å². The topological polar surface area (TPSA) is 56.3 Å². The number of carbonyl (C=O) groups is 2. The van der Waals surface area contributed by atoms with Crippen LogP contribution in [0.15, 0.2) is 42.6 Å². The summed E-state index contributed by atoms with van der Waals surface area (Å²) < 4.78 is 4.56. The molecule has 0 N–H and O–H groups in total. The Balaban J connectivity index is 3.05. The summed E-state index contributed by atoms with van der Waals surface area (Å²) in [6.07, 6.45) is 7.96. The zero-order valence-corrected chi connectivity index (χ0v) is 9.71. The standard InChI is InChI=1S/C13H13NO3/c1-3-4-5-8-11(15)10-7-6-9-14-12(10)13(16)17-2/h3-9H,1-2H3/b4-3-,8-5+. The van der Waals surface area contributed by atoms with Crippen LogP contribution in [0.1, 0.15) is 27.8 Å². The van der Waals surface area contributed by atoms with Crippen molar-refractivity contribution in [3.8, 4) is 0 Å². The summed E-state index contributed by atoms with van der Waals surface area (Å²) in [6.45, 7) is 1.85. The molecule has 0 aliphatic rings. The molecule has 17 heavy (non-hydrogen) atoms. The third kappa shape index (κ3) is 3.38. The van der Waals surface area contributed by atoms with Crippen molar-refractivity contribution in [2.45, 2.75) is 6.92 Å². The van der Waals surface area contributed by atoms with Crippen LogP contribution in [0.4, 0.5) is 0 Å². The number of hydrogen-bond donors (Lipinski definition) is 0. The van der Waals surface area contributed by atoms with E-state index in [0.29, 0.717) is 0 Å². The van der Waals surface area contributed by atoms with Crippen LogP contribution in [0.25, 0.3) is 0 Å². The molecule has 0 aliphatic heterocycles. The van der Waals surface area contributed by atoms with Crippen LogP contribution in [0.3, 0.4) is 0 Å². The van der Waals surface area contributed by atoms with Crippen molar-refractivity contribution in [2.75, 3.05) is 7.11 Å². The van der Waals surface area contributed by atoms with Crippen molar-refractivity contribution in [3.63, 3.8) is 0 Å². The summed E-state index contributed by atoms with van der Waals surface area (Å²) in [5.41, 5.74) is 0.269. The number of nitrogens with zero attached hydrogens (tertiary/aromatic N) is 1. The number of allylic oxidation sites excluding steroid dienone is 4. The second-order valence-electron chi connectivity index (χ2n) is 3.14. The van der Waals surface area contributed by atoms with Gasteiger partial charge in [0.25, 0.3) is 0 Å². The highest BCUT2D eigenvalue weighted by molar-refractivity contribution is 6.10. The molecule has 1 rings (SSSR count). The Hall–Kier alpha value is -2.23. The molecule has 0 atom stereocenters. The average molecular weight is 231 g/mol. The highest BCUT2D eigenvalue weighted by Crippen LogP contribution is 2.08. The maximum Gasteiger partial charge on any atom is 0.357 e. The molecule has 1 aromatic rings. The van der Waals surface area contributed by atoms with Crippen LogP contribution >= 0.6 is 0 Å². The first kappa shape index (κ1) is 12.8. The lowest BCUT2D eigenvalue weighted by molar-refractivity contribution is 0.0590. The molecular formula is C13H13NO3. The van der Waals surface area contributed by atoms with Gasteiger partial charge in [-0.25, -0.2) is 9.78 Å². The lowest BCUT2D eigenvalue weighted by Crippen LogP contribution is -2.11. The van der Waals surface area contributed by atoms with Gasteiger partial charge in [0.15, 0.2) is 11.5 Å². The highest BCUT2D eigenvalue weighted by Gasteiger charge is 2.16. The van der Waals surface area contributed by atoms with Crippen LogP contribution in [-0.2, 0) is 4.74 Å². The Morgan fingerprint density at radius 3 is 2.76 bits per heavy atom. The number of ketones is 1. The molecular weight excluding hydrogens is 218 g/mol. The van der Waals surface area contributed by atoms with E-state index in [2.05, 4.69) is 9.72 Å². The van der Waals surface area contributed by atoms with Gasteiger partial charge in [-0.3, -0.25) is 4.79 Å². The lowest BCUT2D eigenvalue weighted by atomic mass is 10.1. The minimum atomic E-state index is -0.617. The van der Waals surface area contributed by atoms with Crippen molar-refractivity contribution in [1.82, 2.24) is 4.98 Å². The number of ether oxygens (including phenoxy) is 1. The summed E-state index contributed by atoms with van der Waals surface area (Å²) in [6, 6.07) is 3.14. The van der Waals surface area contributed by atoms with E-state index in [0.717, 1.165) is 0 Å². The minimum Gasteiger partial charge on any atom is -0.464 e. The van der Waals surface area contributed by atoms with Gasteiger partial charge in [0.2, 0.25) is 0 Å². The van der Waals surface area contributed by atoms with Gasteiger partial charge >= 0.3 is 5.97 Å². The first-order valence-electron chi connectivity index (χ1n) is 5.07. The van der Waals surface area contributed by atoms with E-state index >= 15 is 0 Å². The molecule has 4 nitrogen and oxygen atoms in total. The Bertz CT molecular complexity index is 475. The monoisotopic (exact) mass is 231 g/mol. The molecule has 0 spiro atoms. The zero-order chi connectivity index (χ0) is 12.7. The fourth-order valence-electron chi connectivity index (χ4n) is 1.21. The Morgan fingerprint density at radius 1 is 1.35 bits per heavy atom. The molecule has 0 saturated carbocycles. The van der Waals surface area contributed by atoms with Crippen molar-refractivity contribution in [3.05, 3.63) is 53.9 Å². The second kappa shape index (κ2) is 6.37. The smallest absolute Gasteiger partial charge is 0.357 e. The van der Waals surface area contributed by atoms with Crippen molar-refractivity contribution in [2.24, 2.45) is 0 Å². The highest BCUT2D eigenvalue weighted by atomic mass is 16.5. The van der Waals surface area contributed by atoms with E-state index in [4.69, 9.17) is 0 Å². The van der Waals surface area contributed by atoms with E-state index in [-0.39, 0.29) is 17.0 Å². The van der Waals surface area contributed by atoms with Crippen molar-refractivity contribution in [1.29, 1.82) is 0 Å². The summed E-state index contributed by atoms with van der Waals surface area (Å²) in [5, 5.41) is 0. The molecule has 0 fully saturated rings. The predicted molar refractivity (Wildman–Crippen MR) is 63.9 cm³/mol. The summed E-state index contributed by atoms with van der Waals surface area (Å²) in [5.74, 6) is -0.898. The molecule has 0 bridgehead atoms. The van der Waals surface area contributed by atoms with Gasteiger partial charge < -0.3 is 4.74 Å². The van der Waals surface area contributed by atoms with E-state index in [1.54, 1.807) is 30.4 Å². The molecule has 0 saturated heterocycles. The van der Waals surface area contributed by atoms with Crippen LogP contribution in [0.2, 0.25) is 0 Å². The number of rotatable bonds is 4. The van der Waals surface area contributed by atoms with Gasteiger partial charge in [-0.1, -0.05) is 18.2 Å². The molecule has 1 heterocycles. The van der Waals surface area contributed by atoms with E-state index < -0.39 is 5.97 Å². The van der Waals surface area contributed by atoms with Crippen LogP contribution in [0, 0.1) is 0 Å². The molecule has 0 unspecified atom stereocenters. The van der Waals surface area contributed by atoms with Crippen molar-refractivity contribution < 1.29 is 14.3 Å². The second-order valence-corrected chi connectivity index (χ2v) is 3.14. The van der Waals surface area contributed by atoms with E-state index in [9.17, 15) is 9.59 Å². The first-order valence-corrected chi connectivity index (χ1v) is 5.07. The molecule has 0 aromatic carbocycles. The minimum absolute atomic E-state index is 0.0325. The maximum atomic E-state index is 11.8. The fourth-order valence-corrected chi connectivity index (χ4v) is 1.21. The quantitative estimate of drug-likeness (QED) is 0.345. The summed E-state index contributed by atoms with van der Waals surface area (Å²) >= 11 is 0. The summed E-state index contributed by atoms with van der Waals surface area (Å²) in [4.78, 5) is 27.0. The number of pyridine rings is 1. The SMILES string of the molecule is C/C=C\C=C\C(=O)c1cccnc1C(=O)OC. The average Bonchev–Trinajstić information content (AvgIpc) is 2.38. The zero-order valence-electron chi connectivity index (χ0n) is 9.71. The number of carbonyl (C=O) groups excluding carboxylic acids is 2. The number of methoxy groups -OCH3 is 1. The number of esters is 1. The van der Waals surface area contributed by atoms with E-state index in [1.807, 2.05) is 6.92 Å². The molecule has 0 radical (unpaired) electrons. The van der Waals surface area contributed by atoms with Crippen molar-refractivity contribution >= 4 is 11.8 Å². The first-order chi connectivity index (χ1) is 8.20. The summed E-state index contributed by atoms with van der Waals surface area (Å²) in [7, 11) is 1.25. The van der Waals surface area contributed by atoms with Gasteiger partial charge in [-0.2, -0.15) is 0 Å². The molecule has 0 aliphatic carbocycles. The Kier molecular flexibility index (Phi) is 4.81. The Labute approximate surface area is 99.6 Å². The normalized spacial score (nSPS) is 10.9.